The first-order valence-electron chi connectivity index (χ1n) is 4.74. The number of fused-ring (bicyclic) bond motifs is 1. The van der Waals surface area contributed by atoms with E-state index in [1.807, 2.05) is 30.3 Å². The first-order valence-corrected chi connectivity index (χ1v) is 4.74. The second-order valence-corrected chi connectivity index (χ2v) is 3.30. The van der Waals surface area contributed by atoms with E-state index in [9.17, 15) is 0 Å². The molecule has 0 aliphatic carbocycles. The fourth-order valence-corrected chi connectivity index (χ4v) is 1.60. The van der Waals surface area contributed by atoms with E-state index in [-0.39, 0.29) is 0 Å². The maximum absolute atomic E-state index is 5.23. The third kappa shape index (κ3) is 1.40. The molecular formula is C13H8NO. The molecule has 2 aromatic carbocycles. The van der Waals surface area contributed by atoms with Gasteiger partial charge in [-0.25, -0.2) is 4.98 Å². The third-order valence-corrected chi connectivity index (χ3v) is 2.32. The standard InChI is InChI=1S/C13H8NO/c1-2-4-11-9-12(6-5-10(11)3-1)13-14-7-8-15-13/h1-8H. The zero-order chi connectivity index (χ0) is 10.1. The van der Waals surface area contributed by atoms with Crippen LogP contribution in [0.1, 0.15) is 0 Å². The van der Waals surface area contributed by atoms with Crippen molar-refractivity contribution in [3.8, 4) is 11.5 Å². The molecule has 0 amide bonds. The first kappa shape index (κ1) is 8.24. The highest BCUT2D eigenvalue weighted by atomic mass is 16.3. The Morgan fingerprint density at radius 1 is 1.07 bits per heavy atom. The SMILES string of the molecule is [c]1c(-c2ncco2)ccc2ccccc12. The molecule has 3 rings (SSSR count). The molecule has 0 saturated heterocycles. The Bertz CT molecular complexity index is 584. The van der Waals surface area contributed by atoms with E-state index in [1.165, 1.54) is 5.39 Å². The molecule has 3 aromatic rings. The molecule has 0 fully saturated rings. The fraction of sp³-hybridized carbons (Fsp3) is 0. The lowest BCUT2D eigenvalue weighted by Crippen LogP contribution is -1.78. The molecule has 0 spiro atoms. The van der Waals surface area contributed by atoms with Crippen molar-refractivity contribution in [1.29, 1.82) is 0 Å². The van der Waals surface area contributed by atoms with Crippen molar-refractivity contribution in [1.82, 2.24) is 4.98 Å². The summed E-state index contributed by atoms with van der Waals surface area (Å²) in [5.41, 5.74) is 0.888. The third-order valence-electron chi connectivity index (χ3n) is 2.32. The Morgan fingerprint density at radius 2 is 2.00 bits per heavy atom. The fourth-order valence-electron chi connectivity index (χ4n) is 1.60. The van der Waals surface area contributed by atoms with Crippen molar-refractivity contribution in [2.75, 3.05) is 0 Å². The van der Waals surface area contributed by atoms with E-state index in [2.05, 4.69) is 17.1 Å². The average molecular weight is 194 g/mol. The largest absolute Gasteiger partial charge is 0.445 e. The van der Waals surface area contributed by atoms with Crippen molar-refractivity contribution in [2.45, 2.75) is 0 Å². The highest BCUT2D eigenvalue weighted by molar-refractivity contribution is 5.85. The molecule has 0 atom stereocenters. The molecule has 1 heterocycles. The summed E-state index contributed by atoms with van der Waals surface area (Å²) >= 11 is 0. The zero-order valence-electron chi connectivity index (χ0n) is 7.97. The average Bonchev–Trinajstić information content (AvgIpc) is 2.82. The Kier molecular flexibility index (Phi) is 1.78. The number of hydrogen-bond donors (Lipinski definition) is 0. The summed E-state index contributed by atoms with van der Waals surface area (Å²) in [4.78, 5) is 4.10. The normalized spacial score (nSPS) is 10.7. The highest BCUT2D eigenvalue weighted by Gasteiger charge is 2.02. The van der Waals surface area contributed by atoms with Gasteiger partial charge in [-0.2, -0.15) is 0 Å². The van der Waals surface area contributed by atoms with Gasteiger partial charge in [0.05, 0.1) is 6.20 Å². The van der Waals surface area contributed by atoms with Crippen molar-refractivity contribution in [3.63, 3.8) is 0 Å². The molecule has 0 unspecified atom stereocenters. The number of oxazole rings is 1. The molecule has 0 aliphatic heterocycles. The lowest BCUT2D eigenvalue weighted by molar-refractivity contribution is 0.574. The predicted molar refractivity (Wildman–Crippen MR) is 58.3 cm³/mol. The van der Waals surface area contributed by atoms with Crippen LogP contribution in [0.4, 0.5) is 0 Å². The van der Waals surface area contributed by atoms with E-state index in [4.69, 9.17) is 4.42 Å². The molecule has 15 heavy (non-hydrogen) atoms. The van der Waals surface area contributed by atoms with Crippen molar-refractivity contribution < 1.29 is 4.42 Å². The predicted octanol–water partition coefficient (Wildman–Crippen LogP) is 3.29. The van der Waals surface area contributed by atoms with Gasteiger partial charge in [-0.15, -0.1) is 0 Å². The van der Waals surface area contributed by atoms with E-state index in [0.717, 1.165) is 10.9 Å². The lowest BCUT2D eigenvalue weighted by atomic mass is 10.1. The maximum Gasteiger partial charge on any atom is 0.226 e. The van der Waals surface area contributed by atoms with Gasteiger partial charge in [0.2, 0.25) is 5.89 Å². The van der Waals surface area contributed by atoms with Crippen molar-refractivity contribution >= 4 is 10.8 Å². The Morgan fingerprint density at radius 3 is 2.87 bits per heavy atom. The van der Waals surface area contributed by atoms with E-state index >= 15 is 0 Å². The summed E-state index contributed by atoms with van der Waals surface area (Å²) in [5, 5.41) is 2.25. The molecule has 2 nitrogen and oxygen atoms in total. The Hall–Kier alpha value is -2.09. The van der Waals surface area contributed by atoms with Crippen LogP contribution in [-0.2, 0) is 0 Å². The lowest BCUT2D eigenvalue weighted by Gasteiger charge is -1.98. The van der Waals surface area contributed by atoms with Gasteiger partial charge in [-0.3, -0.25) is 0 Å². The molecule has 0 N–H and O–H groups in total. The van der Waals surface area contributed by atoms with Gasteiger partial charge in [0.15, 0.2) is 0 Å². The van der Waals surface area contributed by atoms with Gasteiger partial charge in [0, 0.05) is 11.6 Å². The molecular weight excluding hydrogens is 186 g/mol. The van der Waals surface area contributed by atoms with Crippen LogP contribution >= 0.6 is 0 Å². The zero-order valence-corrected chi connectivity index (χ0v) is 7.97. The summed E-state index contributed by atoms with van der Waals surface area (Å²) in [6.07, 6.45) is 3.21. The van der Waals surface area contributed by atoms with Gasteiger partial charge in [-0.05, 0) is 16.8 Å². The van der Waals surface area contributed by atoms with E-state index < -0.39 is 0 Å². The molecule has 0 aliphatic rings. The summed E-state index contributed by atoms with van der Waals surface area (Å²) in [5.74, 6) is 0.612. The van der Waals surface area contributed by atoms with Crippen LogP contribution in [0.2, 0.25) is 0 Å². The van der Waals surface area contributed by atoms with Crippen LogP contribution in [0.15, 0.2) is 53.3 Å². The van der Waals surface area contributed by atoms with Gasteiger partial charge < -0.3 is 4.42 Å². The van der Waals surface area contributed by atoms with Crippen LogP contribution in [0, 0.1) is 6.07 Å². The maximum atomic E-state index is 5.23. The number of rotatable bonds is 1. The topological polar surface area (TPSA) is 26.0 Å². The molecule has 71 valence electrons. The van der Waals surface area contributed by atoms with Crippen LogP contribution in [0.25, 0.3) is 22.2 Å². The monoisotopic (exact) mass is 194 g/mol. The second-order valence-electron chi connectivity index (χ2n) is 3.30. The smallest absolute Gasteiger partial charge is 0.226 e. The number of aromatic nitrogens is 1. The van der Waals surface area contributed by atoms with Gasteiger partial charge >= 0.3 is 0 Å². The highest BCUT2D eigenvalue weighted by Crippen LogP contribution is 2.21. The van der Waals surface area contributed by atoms with Crippen LogP contribution < -0.4 is 0 Å². The van der Waals surface area contributed by atoms with Gasteiger partial charge in [-0.1, -0.05) is 30.3 Å². The summed E-state index contributed by atoms with van der Waals surface area (Å²) in [6.45, 7) is 0. The Balaban J connectivity index is 2.22. The Labute approximate surface area is 87.2 Å². The molecule has 2 heteroatoms. The van der Waals surface area contributed by atoms with Crippen LogP contribution in [0.5, 0.6) is 0 Å². The molecule has 0 saturated carbocycles. The van der Waals surface area contributed by atoms with Crippen LogP contribution in [-0.4, -0.2) is 4.98 Å². The molecule has 1 aromatic heterocycles. The number of nitrogens with zero attached hydrogens (tertiary/aromatic N) is 1. The first-order chi connectivity index (χ1) is 7.43. The minimum Gasteiger partial charge on any atom is -0.445 e. The van der Waals surface area contributed by atoms with E-state index in [0.29, 0.717) is 5.89 Å². The molecule has 0 bridgehead atoms. The van der Waals surface area contributed by atoms with E-state index in [1.54, 1.807) is 12.5 Å². The summed E-state index contributed by atoms with van der Waals surface area (Å²) in [7, 11) is 0. The minimum absolute atomic E-state index is 0.612. The van der Waals surface area contributed by atoms with Gasteiger partial charge in [0.1, 0.15) is 6.26 Å². The minimum atomic E-state index is 0.612. The molecule has 1 radical (unpaired) electrons. The quantitative estimate of drug-likeness (QED) is 0.594. The van der Waals surface area contributed by atoms with Crippen molar-refractivity contribution in [2.24, 2.45) is 0 Å². The van der Waals surface area contributed by atoms with Crippen molar-refractivity contribution in [3.05, 3.63) is 54.9 Å². The summed E-state index contributed by atoms with van der Waals surface area (Å²) in [6, 6.07) is 15.4. The number of benzene rings is 2. The second kappa shape index (κ2) is 3.24. The number of hydrogen-bond acceptors (Lipinski definition) is 2. The van der Waals surface area contributed by atoms with Gasteiger partial charge in [0.25, 0.3) is 0 Å². The summed E-state index contributed by atoms with van der Waals surface area (Å²) < 4.78 is 5.23. The van der Waals surface area contributed by atoms with Crippen LogP contribution in [0.3, 0.4) is 0 Å².